The van der Waals surface area contributed by atoms with Crippen molar-refractivity contribution in [1.82, 2.24) is 15.1 Å². The molecule has 1 aromatic rings. The third-order valence-electron chi connectivity index (χ3n) is 2.64. The molecule has 86 valence electrons. The third-order valence-corrected chi connectivity index (χ3v) is 2.64. The molecule has 1 atom stereocenters. The average molecular weight is 209 g/mol. The van der Waals surface area contributed by atoms with Crippen molar-refractivity contribution in [2.24, 2.45) is 0 Å². The maximum absolute atomic E-state index is 4.56. The van der Waals surface area contributed by atoms with Crippen LogP contribution >= 0.6 is 0 Å². The molecule has 0 aliphatic heterocycles. The van der Waals surface area contributed by atoms with E-state index < -0.39 is 0 Å². The van der Waals surface area contributed by atoms with Crippen LogP contribution in [-0.2, 0) is 0 Å². The minimum Gasteiger partial charge on any atom is -0.315 e. The molecular formula is C12H23N3. The molecule has 0 aromatic carbocycles. The van der Waals surface area contributed by atoms with E-state index in [4.69, 9.17) is 0 Å². The topological polar surface area (TPSA) is 29.9 Å². The highest BCUT2D eigenvalue weighted by Gasteiger charge is 2.12. The fourth-order valence-electron chi connectivity index (χ4n) is 1.97. The van der Waals surface area contributed by atoms with Gasteiger partial charge in [0.05, 0.1) is 11.7 Å². The molecule has 1 unspecified atom stereocenters. The Bertz CT molecular complexity index is 291. The SMILES string of the molecule is CCCC(CNCC)n1nc(C)cc1C. The van der Waals surface area contributed by atoms with Gasteiger partial charge in [-0.05, 0) is 32.9 Å². The van der Waals surface area contributed by atoms with Gasteiger partial charge in [0.1, 0.15) is 0 Å². The lowest BCUT2D eigenvalue weighted by atomic mass is 10.1. The van der Waals surface area contributed by atoms with Crippen LogP contribution in [0.4, 0.5) is 0 Å². The summed E-state index contributed by atoms with van der Waals surface area (Å²) in [6, 6.07) is 2.65. The van der Waals surface area contributed by atoms with Crippen LogP contribution in [-0.4, -0.2) is 22.9 Å². The molecule has 1 aromatic heterocycles. The van der Waals surface area contributed by atoms with E-state index in [9.17, 15) is 0 Å². The van der Waals surface area contributed by atoms with Crippen molar-refractivity contribution >= 4 is 0 Å². The predicted octanol–water partition coefficient (Wildman–Crippen LogP) is 2.45. The van der Waals surface area contributed by atoms with E-state index in [1.165, 1.54) is 18.5 Å². The first-order valence-corrected chi connectivity index (χ1v) is 5.92. The van der Waals surface area contributed by atoms with Crippen LogP contribution < -0.4 is 5.32 Å². The number of hydrogen-bond donors (Lipinski definition) is 1. The molecule has 0 spiro atoms. The smallest absolute Gasteiger partial charge is 0.0646 e. The summed E-state index contributed by atoms with van der Waals surface area (Å²) in [5.41, 5.74) is 2.38. The zero-order valence-corrected chi connectivity index (χ0v) is 10.4. The maximum atomic E-state index is 4.56. The van der Waals surface area contributed by atoms with Gasteiger partial charge in [-0.2, -0.15) is 5.10 Å². The minimum atomic E-state index is 0.503. The van der Waals surface area contributed by atoms with Gasteiger partial charge in [-0.25, -0.2) is 0 Å². The number of hydrogen-bond acceptors (Lipinski definition) is 2. The fourth-order valence-corrected chi connectivity index (χ4v) is 1.97. The lowest BCUT2D eigenvalue weighted by molar-refractivity contribution is 0.391. The van der Waals surface area contributed by atoms with Crippen molar-refractivity contribution < 1.29 is 0 Å². The van der Waals surface area contributed by atoms with E-state index in [2.05, 4.69) is 48.9 Å². The molecule has 1 N–H and O–H groups in total. The van der Waals surface area contributed by atoms with E-state index >= 15 is 0 Å². The van der Waals surface area contributed by atoms with Gasteiger partial charge in [-0.15, -0.1) is 0 Å². The van der Waals surface area contributed by atoms with Crippen molar-refractivity contribution in [3.63, 3.8) is 0 Å². The van der Waals surface area contributed by atoms with E-state index in [1.54, 1.807) is 0 Å². The zero-order valence-electron chi connectivity index (χ0n) is 10.4. The fraction of sp³-hybridized carbons (Fsp3) is 0.750. The lowest BCUT2D eigenvalue weighted by Gasteiger charge is -2.18. The molecule has 0 aliphatic carbocycles. The quantitative estimate of drug-likeness (QED) is 0.780. The Morgan fingerprint density at radius 1 is 1.40 bits per heavy atom. The second-order valence-electron chi connectivity index (χ2n) is 4.12. The summed E-state index contributed by atoms with van der Waals surface area (Å²) in [4.78, 5) is 0. The van der Waals surface area contributed by atoms with Gasteiger partial charge in [-0.1, -0.05) is 20.3 Å². The first-order valence-electron chi connectivity index (χ1n) is 5.92. The molecule has 15 heavy (non-hydrogen) atoms. The van der Waals surface area contributed by atoms with Crippen LogP contribution in [0.5, 0.6) is 0 Å². The summed E-state index contributed by atoms with van der Waals surface area (Å²) in [5, 5.41) is 7.97. The first-order chi connectivity index (χ1) is 7.19. The monoisotopic (exact) mass is 209 g/mol. The Kier molecular flexibility index (Phi) is 4.82. The van der Waals surface area contributed by atoms with Gasteiger partial charge < -0.3 is 5.32 Å². The summed E-state index contributed by atoms with van der Waals surface area (Å²) in [5.74, 6) is 0. The number of nitrogens with zero attached hydrogens (tertiary/aromatic N) is 2. The van der Waals surface area contributed by atoms with Gasteiger partial charge in [0, 0.05) is 12.2 Å². The molecule has 0 bridgehead atoms. The summed E-state index contributed by atoms with van der Waals surface area (Å²) >= 11 is 0. The first kappa shape index (κ1) is 12.2. The van der Waals surface area contributed by atoms with Crippen molar-refractivity contribution in [3.05, 3.63) is 17.5 Å². The zero-order chi connectivity index (χ0) is 11.3. The number of rotatable bonds is 6. The second-order valence-corrected chi connectivity index (χ2v) is 4.12. The van der Waals surface area contributed by atoms with Crippen LogP contribution in [0.1, 0.15) is 44.1 Å². The van der Waals surface area contributed by atoms with Crippen molar-refractivity contribution in [2.45, 2.75) is 46.6 Å². The molecule has 0 saturated carbocycles. The van der Waals surface area contributed by atoms with Gasteiger partial charge in [0.25, 0.3) is 0 Å². The van der Waals surface area contributed by atoms with Gasteiger partial charge in [-0.3, -0.25) is 4.68 Å². The van der Waals surface area contributed by atoms with E-state index in [0.29, 0.717) is 6.04 Å². The number of aromatic nitrogens is 2. The average Bonchev–Trinajstić information content (AvgIpc) is 2.52. The van der Waals surface area contributed by atoms with Crippen molar-refractivity contribution in [2.75, 3.05) is 13.1 Å². The number of aryl methyl sites for hydroxylation is 2. The Morgan fingerprint density at radius 3 is 2.60 bits per heavy atom. The Balaban J connectivity index is 2.73. The Morgan fingerprint density at radius 2 is 2.13 bits per heavy atom. The molecule has 3 nitrogen and oxygen atoms in total. The molecule has 0 fully saturated rings. The summed E-state index contributed by atoms with van der Waals surface area (Å²) in [6.45, 7) is 10.6. The minimum absolute atomic E-state index is 0.503. The number of likely N-dealkylation sites (N-methyl/N-ethyl adjacent to an activating group) is 1. The summed E-state index contributed by atoms with van der Waals surface area (Å²) in [6.07, 6.45) is 2.39. The van der Waals surface area contributed by atoms with Gasteiger partial charge in [0.15, 0.2) is 0 Å². The molecule has 1 rings (SSSR count). The van der Waals surface area contributed by atoms with Crippen molar-refractivity contribution in [3.8, 4) is 0 Å². The molecule has 3 heteroatoms. The van der Waals surface area contributed by atoms with Crippen LogP contribution in [0.15, 0.2) is 6.07 Å². The van der Waals surface area contributed by atoms with Gasteiger partial charge >= 0.3 is 0 Å². The maximum Gasteiger partial charge on any atom is 0.0646 e. The highest BCUT2D eigenvalue weighted by molar-refractivity contribution is 5.07. The van der Waals surface area contributed by atoms with Crippen LogP contribution in [0.3, 0.4) is 0 Å². The Labute approximate surface area is 92.9 Å². The summed E-state index contributed by atoms with van der Waals surface area (Å²) in [7, 11) is 0. The highest BCUT2D eigenvalue weighted by Crippen LogP contribution is 2.15. The molecule has 0 aliphatic rings. The molecule has 0 amide bonds. The van der Waals surface area contributed by atoms with Crippen molar-refractivity contribution in [1.29, 1.82) is 0 Å². The third kappa shape index (κ3) is 3.34. The predicted molar refractivity (Wildman–Crippen MR) is 64.2 cm³/mol. The van der Waals surface area contributed by atoms with Gasteiger partial charge in [0.2, 0.25) is 0 Å². The Hall–Kier alpha value is -0.830. The lowest BCUT2D eigenvalue weighted by Crippen LogP contribution is -2.26. The molecule has 0 radical (unpaired) electrons. The van der Waals surface area contributed by atoms with E-state index in [0.717, 1.165) is 18.8 Å². The van der Waals surface area contributed by atoms with Crippen LogP contribution in [0.25, 0.3) is 0 Å². The summed E-state index contributed by atoms with van der Waals surface area (Å²) < 4.78 is 2.17. The molecular weight excluding hydrogens is 186 g/mol. The van der Waals surface area contributed by atoms with E-state index in [-0.39, 0.29) is 0 Å². The normalized spacial score (nSPS) is 13.1. The molecule has 0 saturated heterocycles. The van der Waals surface area contributed by atoms with Crippen LogP contribution in [0.2, 0.25) is 0 Å². The number of nitrogens with one attached hydrogen (secondary N) is 1. The highest BCUT2D eigenvalue weighted by atomic mass is 15.3. The van der Waals surface area contributed by atoms with E-state index in [1.807, 2.05) is 0 Å². The molecule has 1 heterocycles. The second kappa shape index (κ2) is 5.91. The standard InChI is InChI=1S/C12H23N3/c1-5-7-12(9-13-6-2)15-11(4)8-10(3)14-15/h8,12-13H,5-7,9H2,1-4H3. The van der Waals surface area contributed by atoms with Crippen LogP contribution in [0, 0.1) is 13.8 Å². The largest absolute Gasteiger partial charge is 0.315 e.